The molecule has 0 aromatic rings. The van der Waals surface area contributed by atoms with Crippen molar-refractivity contribution >= 4 is 11.6 Å². The molecule has 0 aliphatic rings. The fourth-order valence-electron chi connectivity index (χ4n) is 0.256. The van der Waals surface area contributed by atoms with E-state index in [1.165, 1.54) is 0 Å². The van der Waals surface area contributed by atoms with Crippen molar-refractivity contribution in [2.24, 2.45) is 0 Å². The largest absolute Gasteiger partial charge is 0.500 e. The van der Waals surface area contributed by atoms with Crippen LogP contribution in [0.4, 0.5) is 0 Å². The second-order valence-electron chi connectivity index (χ2n) is 1.40. The highest BCUT2D eigenvalue weighted by atomic mass is 35.5. The first-order chi connectivity index (χ1) is 3.77. The molecule has 2 heteroatoms. The van der Waals surface area contributed by atoms with Gasteiger partial charge in [0.05, 0.1) is 11.6 Å². The molecule has 0 rings (SSSR count). The summed E-state index contributed by atoms with van der Waals surface area (Å²) in [5.74, 6) is 0. The summed E-state index contributed by atoms with van der Waals surface area (Å²) in [5.41, 5.74) is 0. The fourth-order valence-corrected chi connectivity index (χ4v) is 0.329. The summed E-state index contributed by atoms with van der Waals surface area (Å²) in [6, 6.07) is 0. The van der Waals surface area contributed by atoms with E-state index in [-0.39, 0.29) is 5.38 Å². The van der Waals surface area contributed by atoms with E-state index in [0.29, 0.717) is 6.61 Å². The molecular weight excluding hydrogens is 124 g/mol. The van der Waals surface area contributed by atoms with Gasteiger partial charge in [0.2, 0.25) is 0 Å². The predicted octanol–water partition coefficient (Wildman–Crippen LogP) is 1.98. The maximum Gasteiger partial charge on any atom is 0.104 e. The van der Waals surface area contributed by atoms with Gasteiger partial charge in [0.1, 0.15) is 6.61 Å². The monoisotopic (exact) mass is 133 g/mol. The van der Waals surface area contributed by atoms with Crippen molar-refractivity contribution in [1.29, 1.82) is 0 Å². The summed E-state index contributed by atoms with van der Waals surface area (Å²) in [7, 11) is 0. The third-order valence-corrected chi connectivity index (χ3v) is 0.635. The molecule has 0 aliphatic heterocycles. The van der Waals surface area contributed by atoms with Crippen LogP contribution in [0.25, 0.3) is 0 Å². The number of rotatable bonds is 3. The van der Waals surface area contributed by atoms with E-state index in [9.17, 15) is 0 Å². The van der Waals surface area contributed by atoms with Crippen molar-refractivity contribution in [2.45, 2.75) is 12.3 Å². The van der Waals surface area contributed by atoms with Crippen LogP contribution in [0.15, 0.2) is 12.3 Å². The van der Waals surface area contributed by atoms with E-state index >= 15 is 0 Å². The van der Waals surface area contributed by atoms with Gasteiger partial charge in [0.15, 0.2) is 0 Å². The van der Waals surface area contributed by atoms with Gasteiger partial charge in [-0.2, -0.15) is 0 Å². The third-order valence-electron chi connectivity index (χ3n) is 0.509. The van der Waals surface area contributed by atoms with Crippen LogP contribution >= 0.6 is 11.6 Å². The van der Waals surface area contributed by atoms with Crippen LogP contribution in [-0.2, 0) is 4.74 Å². The predicted molar refractivity (Wildman–Crippen MR) is 35.8 cm³/mol. The zero-order valence-corrected chi connectivity index (χ0v) is 5.69. The van der Waals surface area contributed by atoms with Gasteiger partial charge >= 0.3 is 0 Å². The van der Waals surface area contributed by atoms with Crippen LogP contribution in [0.2, 0.25) is 0 Å². The van der Waals surface area contributed by atoms with E-state index < -0.39 is 0 Å². The molecule has 0 spiro atoms. The lowest BCUT2D eigenvalue weighted by atomic mass is 10.5. The van der Waals surface area contributed by atoms with Gasteiger partial charge in [-0.3, -0.25) is 0 Å². The highest BCUT2D eigenvalue weighted by Gasteiger charge is 1.90. The van der Waals surface area contributed by atoms with Crippen LogP contribution < -0.4 is 0 Å². The van der Waals surface area contributed by atoms with Crippen LogP contribution in [0.5, 0.6) is 0 Å². The minimum atomic E-state index is -0.147. The maximum atomic E-state index is 5.44. The standard InChI is InChI=1S/C6H10ClO/c1-3-4-8-5-6(2)7/h3-4,6H,2,5H2,1H3. The number of halogens is 1. The second kappa shape index (κ2) is 4.98. The fraction of sp³-hybridized carbons (Fsp3) is 0.500. The lowest BCUT2D eigenvalue weighted by Crippen LogP contribution is -1.99. The first-order valence-electron chi connectivity index (χ1n) is 2.47. The Balaban J connectivity index is 2.93. The Morgan fingerprint density at radius 1 is 1.88 bits per heavy atom. The number of hydrogen-bond donors (Lipinski definition) is 0. The molecule has 0 aliphatic carbocycles. The van der Waals surface area contributed by atoms with Gasteiger partial charge in [-0.05, 0) is 13.8 Å². The van der Waals surface area contributed by atoms with Crippen LogP contribution in [-0.4, -0.2) is 12.0 Å². The minimum Gasteiger partial charge on any atom is -0.500 e. The van der Waals surface area contributed by atoms with Crippen molar-refractivity contribution in [3.8, 4) is 0 Å². The molecule has 0 amide bonds. The maximum absolute atomic E-state index is 5.44. The molecule has 1 unspecified atom stereocenters. The lowest BCUT2D eigenvalue weighted by Gasteiger charge is -1.99. The molecule has 1 radical (unpaired) electrons. The van der Waals surface area contributed by atoms with Gasteiger partial charge in [0.25, 0.3) is 0 Å². The van der Waals surface area contributed by atoms with Crippen molar-refractivity contribution in [3.05, 3.63) is 19.3 Å². The van der Waals surface area contributed by atoms with Crippen molar-refractivity contribution in [3.63, 3.8) is 0 Å². The Morgan fingerprint density at radius 2 is 2.50 bits per heavy atom. The van der Waals surface area contributed by atoms with Gasteiger partial charge in [-0.15, -0.1) is 11.6 Å². The smallest absolute Gasteiger partial charge is 0.104 e. The van der Waals surface area contributed by atoms with Gasteiger partial charge < -0.3 is 4.74 Å². The molecule has 0 bridgehead atoms. The lowest BCUT2D eigenvalue weighted by molar-refractivity contribution is 0.257. The highest BCUT2D eigenvalue weighted by Crippen LogP contribution is 1.92. The topological polar surface area (TPSA) is 9.23 Å². The third kappa shape index (κ3) is 5.83. The average molecular weight is 134 g/mol. The Labute approximate surface area is 55.3 Å². The van der Waals surface area contributed by atoms with Crippen molar-refractivity contribution < 1.29 is 4.74 Å². The van der Waals surface area contributed by atoms with Crippen LogP contribution in [0.3, 0.4) is 0 Å². The zero-order valence-electron chi connectivity index (χ0n) is 4.93. The first kappa shape index (κ1) is 7.83. The molecular formula is C6H10ClO. The molecule has 0 heterocycles. The summed E-state index contributed by atoms with van der Waals surface area (Å²) in [6.45, 7) is 5.88. The van der Waals surface area contributed by atoms with Crippen molar-refractivity contribution in [1.82, 2.24) is 0 Å². The molecule has 0 saturated carbocycles. The first-order valence-corrected chi connectivity index (χ1v) is 2.91. The minimum absolute atomic E-state index is 0.147. The van der Waals surface area contributed by atoms with E-state index in [1.54, 1.807) is 12.3 Å². The van der Waals surface area contributed by atoms with E-state index in [2.05, 4.69) is 6.92 Å². The molecule has 47 valence electrons. The molecule has 0 saturated heterocycles. The van der Waals surface area contributed by atoms with E-state index in [0.717, 1.165) is 0 Å². The normalized spacial score (nSPS) is 14.4. The Kier molecular flexibility index (Phi) is 4.87. The molecule has 8 heavy (non-hydrogen) atoms. The molecule has 0 N–H and O–H groups in total. The molecule has 0 fully saturated rings. The number of hydrogen-bond acceptors (Lipinski definition) is 1. The SMILES string of the molecule is [CH2]C(Cl)COC=CC. The molecule has 0 aromatic carbocycles. The van der Waals surface area contributed by atoms with Crippen LogP contribution in [0, 0.1) is 6.92 Å². The second-order valence-corrected chi connectivity index (χ2v) is 2.02. The van der Waals surface area contributed by atoms with Gasteiger partial charge in [-0.25, -0.2) is 0 Å². The number of ether oxygens (including phenoxy) is 1. The van der Waals surface area contributed by atoms with E-state index in [1.807, 2.05) is 6.92 Å². The molecule has 1 atom stereocenters. The van der Waals surface area contributed by atoms with Gasteiger partial charge in [0, 0.05) is 0 Å². The summed E-state index contributed by atoms with van der Waals surface area (Å²) < 4.78 is 4.87. The van der Waals surface area contributed by atoms with E-state index in [4.69, 9.17) is 16.3 Å². The summed E-state index contributed by atoms with van der Waals surface area (Å²) in [4.78, 5) is 0. The summed E-state index contributed by atoms with van der Waals surface area (Å²) in [6.07, 6.45) is 3.40. The number of alkyl halides is 1. The Hall–Kier alpha value is -0.170. The Morgan fingerprint density at radius 3 is 2.88 bits per heavy atom. The van der Waals surface area contributed by atoms with Crippen molar-refractivity contribution in [2.75, 3.05) is 6.61 Å². The highest BCUT2D eigenvalue weighted by molar-refractivity contribution is 6.21. The molecule has 0 aromatic heterocycles. The Bertz CT molecular complexity index is 68.9. The number of allylic oxidation sites excluding steroid dienone is 1. The van der Waals surface area contributed by atoms with Gasteiger partial charge in [-0.1, -0.05) is 6.08 Å². The zero-order chi connectivity index (χ0) is 6.41. The van der Waals surface area contributed by atoms with Crippen LogP contribution in [0.1, 0.15) is 6.92 Å². The molecule has 1 nitrogen and oxygen atoms in total. The average Bonchev–Trinajstić information content (AvgIpc) is 1.66. The summed E-state index contributed by atoms with van der Waals surface area (Å²) in [5, 5.41) is -0.147. The summed E-state index contributed by atoms with van der Waals surface area (Å²) >= 11 is 5.44. The quantitative estimate of drug-likeness (QED) is 0.423.